The van der Waals surface area contributed by atoms with Gasteiger partial charge in [0, 0.05) is 22.5 Å². The van der Waals surface area contributed by atoms with Crippen molar-refractivity contribution in [1.29, 1.82) is 0 Å². The van der Waals surface area contributed by atoms with Gasteiger partial charge in [-0.1, -0.05) is 6.07 Å². The maximum absolute atomic E-state index is 12.9. The minimum absolute atomic E-state index is 0.0979. The Balaban J connectivity index is 2.54. The first-order valence-electron chi connectivity index (χ1n) is 6.81. The standard InChI is InChI=1S/C14H24N2O2S2/c1-13(2,3)15-10-11(12-8-7-9-19-12)16(14(4,5)6)20(15,17)18/h7-9,11H,10H2,1-6H3. The average Bonchev–Trinajstić information content (AvgIpc) is 2.78. The molecule has 1 fully saturated rings. The zero-order chi connectivity index (χ0) is 15.3. The monoisotopic (exact) mass is 316 g/mol. The molecule has 4 nitrogen and oxygen atoms in total. The Kier molecular flexibility index (Phi) is 3.83. The van der Waals surface area contributed by atoms with Gasteiger partial charge < -0.3 is 0 Å². The van der Waals surface area contributed by atoms with Gasteiger partial charge in [-0.2, -0.15) is 17.0 Å². The third-order valence-corrected chi connectivity index (χ3v) is 6.96. The van der Waals surface area contributed by atoms with E-state index in [4.69, 9.17) is 0 Å². The predicted molar refractivity (Wildman–Crippen MR) is 84.0 cm³/mol. The second-order valence-corrected chi connectivity index (χ2v) is 9.92. The van der Waals surface area contributed by atoms with Gasteiger partial charge in [0.2, 0.25) is 0 Å². The number of nitrogens with zero attached hydrogens (tertiary/aromatic N) is 2. The molecule has 1 saturated heterocycles. The molecule has 1 aromatic rings. The summed E-state index contributed by atoms with van der Waals surface area (Å²) >= 11 is 1.62. The summed E-state index contributed by atoms with van der Waals surface area (Å²) in [6, 6.07) is 3.90. The predicted octanol–water partition coefficient (Wildman–Crippen LogP) is 3.25. The maximum atomic E-state index is 12.9. The summed E-state index contributed by atoms with van der Waals surface area (Å²) < 4.78 is 29.2. The number of hydrogen-bond donors (Lipinski definition) is 0. The summed E-state index contributed by atoms with van der Waals surface area (Å²) in [6.07, 6.45) is 0. The van der Waals surface area contributed by atoms with E-state index in [1.165, 1.54) is 0 Å². The lowest BCUT2D eigenvalue weighted by Gasteiger charge is -2.36. The SMILES string of the molecule is CC(C)(C)N1CC(c2cccs2)N(C(C)(C)C)S1(=O)=O. The summed E-state index contributed by atoms with van der Waals surface area (Å²) in [6.45, 7) is 12.2. The summed E-state index contributed by atoms with van der Waals surface area (Å²) in [7, 11) is -3.45. The summed E-state index contributed by atoms with van der Waals surface area (Å²) in [4.78, 5) is 1.11. The molecule has 0 N–H and O–H groups in total. The van der Waals surface area contributed by atoms with E-state index in [0.717, 1.165) is 4.88 Å². The van der Waals surface area contributed by atoms with E-state index in [9.17, 15) is 8.42 Å². The molecular formula is C14H24N2O2S2. The molecule has 0 spiro atoms. The fourth-order valence-corrected chi connectivity index (χ4v) is 6.02. The maximum Gasteiger partial charge on any atom is 0.283 e. The van der Waals surface area contributed by atoms with E-state index in [1.54, 1.807) is 19.9 Å². The van der Waals surface area contributed by atoms with Crippen LogP contribution in [-0.4, -0.2) is 34.7 Å². The Morgan fingerprint density at radius 1 is 1.15 bits per heavy atom. The van der Waals surface area contributed by atoms with E-state index in [2.05, 4.69) is 0 Å². The fraction of sp³-hybridized carbons (Fsp3) is 0.714. The van der Waals surface area contributed by atoms with Gasteiger partial charge in [-0.05, 0) is 53.0 Å². The Labute approximate surface area is 126 Å². The van der Waals surface area contributed by atoms with Gasteiger partial charge in [-0.25, -0.2) is 0 Å². The van der Waals surface area contributed by atoms with Crippen LogP contribution in [0.15, 0.2) is 17.5 Å². The lowest BCUT2D eigenvalue weighted by atomic mass is 10.0. The largest absolute Gasteiger partial charge is 0.283 e. The molecule has 0 saturated carbocycles. The molecule has 114 valence electrons. The van der Waals surface area contributed by atoms with Crippen LogP contribution < -0.4 is 0 Å². The molecule has 0 amide bonds. The number of thiophene rings is 1. The zero-order valence-electron chi connectivity index (χ0n) is 13.0. The quantitative estimate of drug-likeness (QED) is 0.798. The highest BCUT2D eigenvalue weighted by molar-refractivity contribution is 7.87. The van der Waals surface area contributed by atoms with Crippen LogP contribution in [0.5, 0.6) is 0 Å². The lowest BCUT2D eigenvalue weighted by molar-refractivity contribution is 0.207. The fourth-order valence-electron chi connectivity index (χ4n) is 2.71. The molecule has 1 atom stereocenters. The molecule has 2 heterocycles. The summed E-state index contributed by atoms with van der Waals surface area (Å²) in [5.74, 6) is 0. The van der Waals surface area contributed by atoms with Crippen LogP contribution in [0.25, 0.3) is 0 Å². The van der Waals surface area contributed by atoms with Gasteiger partial charge in [0.25, 0.3) is 10.2 Å². The number of hydrogen-bond acceptors (Lipinski definition) is 3. The molecule has 2 rings (SSSR count). The van der Waals surface area contributed by atoms with Crippen molar-refractivity contribution < 1.29 is 8.42 Å². The second kappa shape index (κ2) is 4.80. The number of rotatable bonds is 1. The van der Waals surface area contributed by atoms with Gasteiger partial charge in [-0.15, -0.1) is 11.3 Å². The van der Waals surface area contributed by atoms with Crippen molar-refractivity contribution in [1.82, 2.24) is 8.61 Å². The molecule has 1 unspecified atom stereocenters. The van der Waals surface area contributed by atoms with E-state index in [0.29, 0.717) is 6.54 Å². The first-order chi connectivity index (χ1) is 8.95. The molecule has 1 aromatic heterocycles. The van der Waals surface area contributed by atoms with E-state index < -0.39 is 21.3 Å². The first kappa shape index (κ1) is 15.9. The zero-order valence-corrected chi connectivity index (χ0v) is 14.7. The van der Waals surface area contributed by atoms with Gasteiger partial charge >= 0.3 is 0 Å². The van der Waals surface area contributed by atoms with Crippen LogP contribution in [0.3, 0.4) is 0 Å². The lowest BCUT2D eigenvalue weighted by Crippen LogP contribution is -2.49. The van der Waals surface area contributed by atoms with E-state index in [-0.39, 0.29) is 6.04 Å². The van der Waals surface area contributed by atoms with Crippen molar-refractivity contribution in [2.75, 3.05) is 6.54 Å². The van der Waals surface area contributed by atoms with E-state index in [1.807, 2.05) is 59.1 Å². The van der Waals surface area contributed by atoms with Crippen LogP contribution in [0, 0.1) is 0 Å². The topological polar surface area (TPSA) is 40.6 Å². The van der Waals surface area contributed by atoms with Crippen LogP contribution in [0.4, 0.5) is 0 Å². The molecule has 0 radical (unpaired) electrons. The van der Waals surface area contributed by atoms with Crippen LogP contribution in [-0.2, 0) is 10.2 Å². The van der Waals surface area contributed by atoms with Crippen molar-refractivity contribution in [3.05, 3.63) is 22.4 Å². The molecular weight excluding hydrogens is 292 g/mol. The Bertz CT molecular complexity index is 565. The van der Waals surface area contributed by atoms with Crippen LogP contribution in [0.2, 0.25) is 0 Å². The molecule has 6 heteroatoms. The Morgan fingerprint density at radius 2 is 1.75 bits per heavy atom. The minimum atomic E-state index is -3.45. The molecule has 1 aliphatic rings. The van der Waals surface area contributed by atoms with Crippen molar-refractivity contribution in [2.24, 2.45) is 0 Å². The van der Waals surface area contributed by atoms with Gasteiger partial charge in [0.05, 0.1) is 6.04 Å². The second-order valence-electron chi connectivity index (χ2n) is 7.21. The Hall–Kier alpha value is -0.430. The normalized spacial score (nSPS) is 25.2. The molecule has 20 heavy (non-hydrogen) atoms. The highest BCUT2D eigenvalue weighted by atomic mass is 32.2. The molecule has 1 aliphatic heterocycles. The minimum Gasteiger partial charge on any atom is -0.195 e. The highest BCUT2D eigenvalue weighted by Gasteiger charge is 2.53. The average molecular weight is 316 g/mol. The van der Waals surface area contributed by atoms with Gasteiger partial charge in [0.15, 0.2) is 0 Å². The molecule has 0 aliphatic carbocycles. The molecule has 0 aromatic carbocycles. The highest BCUT2D eigenvalue weighted by Crippen LogP contribution is 2.43. The third kappa shape index (κ3) is 2.66. The summed E-state index contributed by atoms with van der Waals surface area (Å²) in [5.41, 5.74) is -0.845. The van der Waals surface area contributed by atoms with Crippen molar-refractivity contribution >= 4 is 21.5 Å². The van der Waals surface area contributed by atoms with E-state index >= 15 is 0 Å². The van der Waals surface area contributed by atoms with Crippen molar-refractivity contribution in [2.45, 2.75) is 58.7 Å². The van der Waals surface area contributed by atoms with Crippen LogP contribution in [0.1, 0.15) is 52.5 Å². The van der Waals surface area contributed by atoms with Crippen molar-refractivity contribution in [3.63, 3.8) is 0 Å². The first-order valence-corrected chi connectivity index (χ1v) is 9.09. The third-order valence-electron chi connectivity index (χ3n) is 3.43. The Morgan fingerprint density at radius 3 is 2.15 bits per heavy atom. The molecule has 0 bridgehead atoms. The van der Waals surface area contributed by atoms with Crippen LogP contribution >= 0.6 is 11.3 Å². The van der Waals surface area contributed by atoms with Crippen molar-refractivity contribution in [3.8, 4) is 0 Å². The smallest absolute Gasteiger partial charge is 0.195 e. The van der Waals surface area contributed by atoms with Gasteiger partial charge in [0.1, 0.15) is 0 Å². The summed E-state index contributed by atoms with van der Waals surface area (Å²) in [5, 5.41) is 2.00. The van der Waals surface area contributed by atoms with Gasteiger partial charge in [-0.3, -0.25) is 0 Å².